The zero-order valence-electron chi connectivity index (χ0n) is 10.7. The Morgan fingerprint density at radius 2 is 1.89 bits per heavy atom. The molecule has 98 valence electrons. The van der Waals surface area contributed by atoms with Crippen LogP contribution in [-0.2, 0) is 0 Å². The van der Waals surface area contributed by atoms with Crippen molar-refractivity contribution in [2.45, 2.75) is 13.8 Å². The first-order valence-electron chi connectivity index (χ1n) is 5.57. The summed E-state index contributed by atoms with van der Waals surface area (Å²) in [5.41, 5.74) is 9.97. The number of anilines is 1. The minimum Gasteiger partial charge on any atom is -0.396 e. The summed E-state index contributed by atoms with van der Waals surface area (Å²) in [6.07, 6.45) is 0. The average molecular weight is 293 g/mol. The zero-order chi connectivity index (χ0) is 13.1. The van der Waals surface area contributed by atoms with E-state index in [0.29, 0.717) is 16.4 Å². The summed E-state index contributed by atoms with van der Waals surface area (Å²) >= 11 is 5.90. The van der Waals surface area contributed by atoms with Crippen molar-refractivity contribution in [2.75, 3.05) is 5.73 Å². The van der Waals surface area contributed by atoms with E-state index in [9.17, 15) is 0 Å². The van der Waals surface area contributed by atoms with Gasteiger partial charge < -0.3 is 5.73 Å². The molecule has 1 heterocycles. The maximum absolute atomic E-state index is 5.95. The van der Waals surface area contributed by atoms with Crippen LogP contribution in [0.3, 0.4) is 0 Å². The summed E-state index contributed by atoms with van der Waals surface area (Å²) in [4.78, 5) is 4.34. The molecular weight excluding hydrogens is 279 g/mol. The van der Waals surface area contributed by atoms with Gasteiger partial charge in [-0.25, -0.2) is 4.98 Å². The largest absolute Gasteiger partial charge is 0.396 e. The van der Waals surface area contributed by atoms with Crippen molar-refractivity contribution in [2.24, 2.45) is 0 Å². The maximum atomic E-state index is 5.95. The van der Waals surface area contributed by atoms with Gasteiger partial charge in [-0.3, -0.25) is 0 Å². The first-order valence-corrected chi connectivity index (χ1v) is 5.95. The molecule has 0 saturated carbocycles. The van der Waals surface area contributed by atoms with E-state index < -0.39 is 0 Å². The number of benzene rings is 1. The van der Waals surface area contributed by atoms with E-state index in [-0.39, 0.29) is 12.4 Å². The molecular formula is C15H14Cl2N2. The summed E-state index contributed by atoms with van der Waals surface area (Å²) in [6.45, 7) is 3.88. The van der Waals surface area contributed by atoms with E-state index in [1.165, 1.54) is 0 Å². The molecule has 2 nitrogen and oxygen atoms in total. The van der Waals surface area contributed by atoms with Gasteiger partial charge in [0, 0.05) is 16.3 Å². The molecule has 1 aromatic carbocycles. The molecule has 0 amide bonds. The molecule has 0 fully saturated rings. The SMILES string of the molecule is Cc1cc(C)c(N)c(C#Cc2cccc(Cl)c2)n1.Cl. The number of aryl methyl sites for hydroxylation is 2. The van der Waals surface area contributed by atoms with Crippen molar-refractivity contribution in [1.82, 2.24) is 4.98 Å². The Labute approximate surface area is 124 Å². The number of halogens is 2. The predicted molar refractivity (Wildman–Crippen MR) is 82.8 cm³/mol. The summed E-state index contributed by atoms with van der Waals surface area (Å²) in [6, 6.07) is 9.34. The molecule has 0 unspecified atom stereocenters. The highest BCUT2D eigenvalue weighted by Crippen LogP contribution is 2.15. The molecule has 2 N–H and O–H groups in total. The van der Waals surface area contributed by atoms with Crippen molar-refractivity contribution in [3.8, 4) is 11.8 Å². The van der Waals surface area contributed by atoms with Gasteiger partial charge in [0.2, 0.25) is 0 Å². The van der Waals surface area contributed by atoms with Gasteiger partial charge in [-0.05, 0) is 49.6 Å². The van der Waals surface area contributed by atoms with Gasteiger partial charge in [0.05, 0.1) is 5.69 Å². The number of nitrogen functional groups attached to an aromatic ring is 1. The highest BCUT2D eigenvalue weighted by atomic mass is 35.5. The van der Waals surface area contributed by atoms with Crippen LogP contribution in [0.1, 0.15) is 22.5 Å². The van der Waals surface area contributed by atoms with Crippen molar-refractivity contribution in [1.29, 1.82) is 0 Å². The third-order valence-electron chi connectivity index (χ3n) is 2.54. The quantitative estimate of drug-likeness (QED) is 0.751. The van der Waals surface area contributed by atoms with Crippen LogP contribution in [-0.4, -0.2) is 4.98 Å². The van der Waals surface area contributed by atoms with Crippen LogP contribution < -0.4 is 5.73 Å². The second kappa shape index (κ2) is 6.47. The molecule has 1 aromatic heterocycles. The van der Waals surface area contributed by atoms with Crippen molar-refractivity contribution in [3.63, 3.8) is 0 Å². The molecule has 0 aliphatic rings. The highest BCUT2D eigenvalue weighted by molar-refractivity contribution is 6.30. The number of hydrogen-bond donors (Lipinski definition) is 1. The predicted octanol–water partition coefficient (Wildman–Crippen LogP) is 3.76. The molecule has 0 bridgehead atoms. The van der Waals surface area contributed by atoms with E-state index >= 15 is 0 Å². The lowest BCUT2D eigenvalue weighted by atomic mass is 10.1. The number of rotatable bonds is 0. The van der Waals surface area contributed by atoms with Gasteiger partial charge in [-0.15, -0.1) is 12.4 Å². The lowest BCUT2D eigenvalue weighted by Crippen LogP contribution is -1.99. The second-order valence-corrected chi connectivity index (χ2v) is 4.54. The van der Waals surface area contributed by atoms with Crippen LogP contribution in [0.25, 0.3) is 0 Å². The van der Waals surface area contributed by atoms with Gasteiger partial charge in [0.15, 0.2) is 0 Å². The third-order valence-corrected chi connectivity index (χ3v) is 2.78. The molecule has 19 heavy (non-hydrogen) atoms. The molecule has 2 rings (SSSR count). The first-order chi connectivity index (χ1) is 8.56. The monoisotopic (exact) mass is 292 g/mol. The van der Waals surface area contributed by atoms with E-state index in [1.54, 1.807) is 0 Å². The standard InChI is InChI=1S/C15H13ClN2.ClH/c1-10-8-11(2)18-14(15(10)17)7-6-12-4-3-5-13(16)9-12;/h3-5,8-9H,17H2,1-2H3;1H. The number of nitrogens with two attached hydrogens (primary N) is 1. The Hall–Kier alpha value is -1.69. The smallest absolute Gasteiger partial charge is 0.136 e. The third kappa shape index (κ3) is 3.89. The Morgan fingerprint density at radius 1 is 1.16 bits per heavy atom. The number of hydrogen-bond acceptors (Lipinski definition) is 2. The van der Waals surface area contributed by atoms with Crippen molar-refractivity contribution >= 4 is 29.7 Å². The van der Waals surface area contributed by atoms with Crippen LogP contribution in [0.2, 0.25) is 5.02 Å². The molecule has 0 radical (unpaired) electrons. The number of pyridine rings is 1. The molecule has 0 atom stereocenters. The van der Waals surface area contributed by atoms with Crippen LogP contribution >= 0.6 is 24.0 Å². The van der Waals surface area contributed by atoms with Gasteiger partial charge in [-0.2, -0.15) is 0 Å². The summed E-state index contributed by atoms with van der Waals surface area (Å²) in [5.74, 6) is 6.01. The van der Waals surface area contributed by atoms with E-state index in [4.69, 9.17) is 17.3 Å². The molecule has 0 aliphatic carbocycles. The fourth-order valence-electron chi connectivity index (χ4n) is 1.64. The van der Waals surface area contributed by atoms with Gasteiger partial charge in [0.1, 0.15) is 5.69 Å². The fourth-order valence-corrected chi connectivity index (χ4v) is 1.83. The summed E-state index contributed by atoms with van der Waals surface area (Å²) in [7, 11) is 0. The van der Waals surface area contributed by atoms with Crippen molar-refractivity contribution in [3.05, 3.63) is 57.9 Å². The normalized spacial score (nSPS) is 9.21. The maximum Gasteiger partial charge on any atom is 0.136 e. The van der Waals surface area contributed by atoms with E-state index in [1.807, 2.05) is 44.2 Å². The minimum atomic E-state index is 0. The molecule has 0 spiro atoms. The van der Waals surface area contributed by atoms with Gasteiger partial charge in [-0.1, -0.05) is 23.6 Å². The molecule has 0 aliphatic heterocycles. The molecule has 4 heteroatoms. The lowest BCUT2D eigenvalue weighted by Gasteiger charge is -2.03. The Balaban J connectivity index is 0.00000180. The average Bonchev–Trinajstić information content (AvgIpc) is 2.32. The fraction of sp³-hybridized carbons (Fsp3) is 0.133. The van der Waals surface area contributed by atoms with Crippen LogP contribution in [0.15, 0.2) is 30.3 Å². The highest BCUT2D eigenvalue weighted by Gasteiger charge is 2.02. The minimum absolute atomic E-state index is 0. The van der Waals surface area contributed by atoms with Crippen LogP contribution in [0.5, 0.6) is 0 Å². The lowest BCUT2D eigenvalue weighted by molar-refractivity contribution is 1.16. The summed E-state index contributed by atoms with van der Waals surface area (Å²) < 4.78 is 0. The van der Waals surface area contributed by atoms with Crippen molar-refractivity contribution < 1.29 is 0 Å². The first kappa shape index (κ1) is 15.4. The molecule has 2 aromatic rings. The van der Waals surface area contributed by atoms with Gasteiger partial charge >= 0.3 is 0 Å². The number of aromatic nitrogens is 1. The van der Waals surface area contributed by atoms with Crippen LogP contribution in [0, 0.1) is 25.7 Å². The van der Waals surface area contributed by atoms with E-state index in [2.05, 4.69) is 16.8 Å². The second-order valence-electron chi connectivity index (χ2n) is 4.10. The Kier molecular flexibility index (Phi) is 5.23. The zero-order valence-corrected chi connectivity index (χ0v) is 12.3. The topological polar surface area (TPSA) is 38.9 Å². The Bertz CT molecular complexity index is 655. The summed E-state index contributed by atoms with van der Waals surface area (Å²) in [5, 5.41) is 0.670. The molecule has 0 saturated heterocycles. The van der Waals surface area contributed by atoms with E-state index in [0.717, 1.165) is 16.8 Å². The van der Waals surface area contributed by atoms with Gasteiger partial charge in [0.25, 0.3) is 0 Å². The Morgan fingerprint density at radius 3 is 2.58 bits per heavy atom. The number of nitrogens with zero attached hydrogens (tertiary/aromatic N) is 1. The van der Waals surface area contributed by atoms with Crippen LogP contribution in [0.4, 0.5) is 5.69 Å².